The molecule has 0 unspecified atom stereocenters. The molecule has 1 aliphatic carbocycles. The van der Waals surface area contributed by atoms with Crippen LogP contribution in [0.15, 0.2) is 12.1 Å². The highest BCUT2D eigenvalue weighted by atomic mass is 19.3. The van der Waals surface area contributed by atoms with Crippen molar-refractivity contribution in [2.24, 2.45) is 0 Å². The molecule has 0 aliphatic heterocycles. The van der Waals surface area contributed by atoms with Gasteiger partial charge in [0.05, 0.1) is 19.6 Å². The van der Waals surface area contributed by atoms with Gasteiger partial charge in [0.1, 0.15) is 0 Å². The average molecular weight is 300 g/mol. The number of hydrogen-bond donors (Lipinski definition) is 1. The number of methoxy groups -OCH3 is 2. The van der Waals surface area contributed by atoms with Crippen LogP contribution in [-0.4, -0.2) is 25.3 Å². The van der Waals surface area contributed by atoms with Crippen molar-refractivity contribution in [3.8, 4) is 11.5 Å². The summed E-state index contributed by atoms with van der Waals surface area (Å²) in [5.41, 5.74) is -1.41. The molecular formula is C15H18F2O4. The van der Waals surface area contributed by atoms with Gasteiger partial charge in [-0.2, -0.15) is 0 Å². The average Bonchev–Trinajstić information content (AvgIpc) is 2.96. The van der Waals surface area contributed by atoms with E-state index in [0.717, 1.165) is 0 Å². The second-order valence-electron chi connectivity index (χ2n) is 5.19. The molecule has 0 saturated heterocycles. The maximum atomic E-state index is 13.4. The Morgan fingerprint density at radius 2 is 1.71 bits per heavy atom. The van der Waals surface area contributed by atoms with E-state index in [-0.39, 0.29) is 22.6 Å². The summed E-state index contributed by atoms with van der Waals surface area (Å²) in [6.45, 7) is 0. The van der Waals surface area contributed by atoms with Crippen LogP contribution in [-0.2, 0) is 10.2 Å². The summed E-state index contributed by atoms with van der Waals surface area (Å²) < 4.78 is 36.9. The number of aliphatic carboxylic acids is 1. The minimum atomic E-state index is -2.77. The first-order valence-corrected chi connectivity index (χ1v) is 6.74. The summed E-state index contributed by atoms with van der Waals surface area (Å²) in [7, 11) is 2.75. The SMILES string of the molecule is COc1cc(C(F)F)c(C2(C(=O)O)CCCC2)cc1OC. The summed E-state index contributed by atoms with van der Waals surface area (Å²) in [5.74, 6) is -0.617. The Hall–Kier alpha value is -1.85. The van der Waals surface area contributed by atoms with Gasteiger partial charge in [0.25, 0.3) is 6.43 Å². The van der Waals surface area contributed by atoms with Gasteiger partial charge in [0, 0.05) is 5.56 Å². The molecule has 1 aromatic rings. The maximum Gasteiger partial charge on any atom is 0.314 e. The molecular weight excluding hydrogens is 282 g/mol. The highest BCUT2D eigenvalue weighted by Gasteiger charge is 2.45. The second kappa shape index (κ2) is 5.87. The van der Waals surface area contributed by atoms with Crippen molar-refractivity contribution in [2.45, 2.75) is 37.5 Å². The quantitative estimate of drug-likeness (QED) is 0.903. The number of ether oxygens (including phenoxy) is 2. The topological polar surface area (TPSA) is 55.8 Å². The van der Waals surface area contributed by atoms with E-state index >= 15 is 0 Å². The molecule has 0 bridgehead atoms. The monoisotopic (exact) mass is 300 g/mol. The number of carboxylic acids is 1. The van der Waals surface area contributed by atoms with Gasteiger partial charge in [0.15, 0.2) is 11.5 Å². The van der Waals surface area contributed by atoms with Crippen molar-refractivity contribution in [3.63, 3.8) is 0 Å². The Labute approximate surface area is 121 Å². The Morgan fingerprint density at radius 1 is 1.19 bits per heavy atom. The van der Waals surface area contributed by atoms with E-state index in [0.29, 0.717) is 25.7 Å². The Kier molecular flexibility index (Phi) is 4.34. The molecule has 1 saturated carbocycles. The molecule has 0 heterocycles. The van der Waals surface area contributed by atoms with Crippen LogP contribution >= 0.6 is 0 Å². The van der Waals surface area contributed by atoms with Crippen molar-refractivity contribution in [1.29, 1.82) is 0 Å². The molecule has 4 nitrogen and oxygen atoms in total. The fourth-order valence-corrected chi connectivity index (χ4v) is 3.07. The Bertz CT molecular complexity index is 537. The summed E-state index contributed by atoms with van der Waals surface area (Å²) >= 11 is 0. The fraction of sp³-hybridized carbons (Fsp3) is 0.533. The summed E-state index contributed by atoms with van der Waals surface area (Å²) in [4.78, 5) is 11.7. The molecule has 1 fully saturated rings. The van der Waals surface area contributed by atoms with Crippen LogP contribution < -0.4 is 9.47 Å². The number of benzene rings is 1. The lowest BCUT2D eigenvalue weighted by atomic mass is 9.76. The molecule has 0 radical (unpaired) electrons. The van der Waals surface area contributed by atoms with Crippen molar-refractivity contribution in [2.75, 3.05) is 14.2 Å². The van der Waals surface area contributed by atoms with Crippen LogP contribution in [0.1, 0.15) is 43.2 Å². The molecule has 1 aliphatic rings. The number of rotatable bonds is 5. The second-order valence-corrected chi connectivity index (χ2v) is 5.19. The number of halogens is 2. The van der Waals surface area contributed by atoms with Gasteiger partial charge in [-0.15, -0.1) is 0 Å². The highest BCUT2D eigenvalue weighted by molar-refractivity contribution is 5.83. The van der Waals surface area contributed by atoms with E-state index < -0.39 is 17.8 Å². The molecule has 116 valence electrons. The number of carboxylic acid groups (broad SMARTS) is 1. The lowest BCUT2D eigenvalue weighted by Gasteiger charge is -2.28. The van der Waals surface area contributed by atoms with E-state index in [1.807, 2.05) is 0 Å². The highest BCUT2D eigenvalue weighted by Crippen LogP contribution is 2.47. The normalized spacial score (nSPS) is 17.0. The van der Waals surface area contributed by atoms with Gasteiger partial charge in [-0.1, -0.05) is 12.8 Å². The molecule has 21 heavy (non-hydrogen) atoms. The molecule has 0 amide bonds. The van der Waals surface area contributed by atoms with E-state index in [1.54, 1.807) is 0 Å². The van der Waals surface area contributed by atoms with Gasteiger partial charge in [-0.25, -0.2) is 8.78 Å². The molecule has 2 rings (SSSR count). The zero-order valence-electron chi connectivity index (χ0n) is 12.0. The largest absolute Gasteiger partial charge is 0.493 e. The molecule has 6 heteroatoms. The van der Waals surface area contributed by atoms with Gasteiger partial charge >= 0.3 is 5.97 Å². The van der Waals surface area contributed by atoms with Crippen LogP contribution in [0.2, 0.25) is 0 Å². The van der Waals surface area contributed by atoms with Crippen LogP contribution in [0, 0.1) is 0 Å². The van der Waals surface area contributed by atoms with Crippen LogP contribution in [0.3, 0.4) is 0 Å². The fourth-order valence-electron chi connectivity index (χ4n) is 3.07. The number of alkyl halides is 2. The number of hydrogen-bond acceptors (Lipinski definition) is 3. The summed E-state index contributed by atoms with van der Waals surface area (Å²) in [6, 6.07) is 2.57. The lowest BCUT2D eigenvalue weighted by molar-refractivity contribution is -0.143. The Balaban J connectivity index is 2.68. The minimum absolute atomic E-state index is 0.139. The van der Waals surface area contributed by atoms with E-state index in [1.165, 1.54) is 26.4 Å². The van der Waals surface area contributed by atoms with Crippen LogP contribution in [0.25, 0.3) is 0 Å². The van der Waals surface area contributed by atoms with Crippen LogP contribution in [0.5, 0.6) is 11.5 Å². The van der Waals surface area contributed by atoms with Gasteiger partial charge < -0.3 is 14.6 Å². The van der Waals surface area contributed by atoms with Crippen molar-refractivity contribution in [1.82, 2.24) is 0 Å². The first-order chi connectivity index (χ1) is 9.96. The molecule has 0 spiro atoms. The van der Waals surface area contributed by atoms with Crippen molar-refractivity contribution in [3.05, 3.63) is 23.3 Å². The maximum absolute atomic E-state index is 13.4. The first kappa shape index (κ1) is 15.5. The van der Waals surface area contributed by atoms with E-state index in [2.05, 4.69) is 0 Å². The number of carbonyl (C=O) groups is 1. The van der Waals surface area contributed by atoms with Gasteiger partial charge in [-0.05, 0) is 30.5 Å². The van der Waals surface area contributed by atoms with Gasteiger partial charge in [0.2, 0.25) is 0 Å². The van der Waals surface area contributed by atoms with E-state index in [4.69, 9.17) is 9.47 Å². The Morgan fingerprint density at radius 3 is 2.14 bits per heavy atom. The molecule has 1 N–H and O–H groups in total. The summed E-state index contributed by atoms with van der Waals surface area (Å²) in [5, 5.41) is 9.60. The third kappa shape index (κ3) is 2.54. The standard InChI is InChI=1S/C15H18F2O4/c1-20-11-7-9(13(16)17)10(8-12(11)21-2)15(14(18)19)5-3-4-6-15/h7-8,13H,3-6H2,1-2H3,(H,18,19). The third-order valence-corrected chi connectivity index (χ3v) is 4.17. The zero-order valence-corrected chi connectivity index (χ0v) is 12.0. The lowest BCUT2D eigenvalue weighted by Crippen LogP contribution is -2.34. The minimum Gasteiger partial charge on any atom is -0.493 e. The van der Waals surface area contributed by atoms with E-state index in [9.17, 15) is 18.7 Å². The zero-order chi connectivity index (χ0) is 15.6. The first-order valence-electron chi connectivity index (χ1n) is 6.74. The van der Waals surface area contributed by atoms with Crippen LogP contribution in [0.4, 0.5) is 8.78 Å². The van der Waals surface area contributed by atoms with Crippen molar-refractivity contribution >= 4 is 5.97 Å². The molecule has 0 aromatic heterocycles. The predicted molar refractivity (Wildman–Crippen MR) is 72.3 cm³/mol. The predicted octanol–water partition coefficient (Wildman–Crippen LogP) is 3.54. The smallest absolute Gasteiger partial charge is 0.314 e. The molecule has 1 aromatic carbocycles. The summed E-state index contributed by atoms with van der Waals surface area (Å²) in [6.07, 6.45) is -0.626. The van der Waals surface area contributed by atoms with Gasteiger partial charge in [-0.3, -0.25) is 4.79 Å². The molecule has 0 atom stereocenters. The van der Waals surface area contributed by atoms with Crippen molar-refractivity contribution < 1.29 is 28.2 Å². The third-order valence-electron chi connectivity index (χ3n) is 4.17.